The van der Waals surface area contributed by atoms with Crippen molar-refractivity contribution in [1.29, 1.82) is 0 Å². The van der Waals surface area contributed by atoms with Crippen LogP contribution in [0.25, 0.3) is 0 Å². The SMILES string of the molecule is Cc1ccc(NS(=O)(=O)c2ccc(C(=O)NCC3CCCN3)cc2)cc1.Cl. The average Bonchev–Trinajstić information content (AvgIpc) is 3.15. The molecule has 2 aromatic carbocycles. The van der Waals surface area contributed by atoms with Gasteiger partial charge in [0.05, 0.1) is 4.90 Å². The van der Waals surface area contributed by atoms with Gasteiger partial charge in [0.1, 0.15) is 0 Å². The van der Waals surface area contributed by atoms with E-state index in [1.54, 1.807) is 12.1 Å². The number of halogens is 1. The number of hydrogen-bond acceptors (Lipinski definition) is 4. The molecule has 1 saturated heterocycles. The van der Waals surface area contributed by atoms with E-state index in [1.807, 2.05) is 19.1 Å². The zero-order valence-electron chi connectivity index (χ0n) is 15.1. The number of hydrogen-bond donors (Lipinski definition) is 3. The molecule has 3 N–H and O–H groups in total. The van der Waals surface area contributed by atoms with Crippen LogP contribution in [0.4, 0.5) is 5.69 Å². The number of amides is 1. The first kappa shape index (κ1) is 21.2. The van der Waals surface area contributed by atoms with Crippen LogP contribution < -0.4 is 15.4 Å². The fraction of sp³-hybridized carbons (Fsp3) is 0.316. The lowest BCUT2D eigenvalue weighted by atomic mass is 10.2. The number of benzene rings is 2. The molecule has 0 spiro atoms. The summed E-state index contributed by atoms with van der Waals surface area (Å²) in [5.74, 6) is -0.200. The summed E-state index contributed by atoms with van der Waals surface area (Å²) in [7, 11) is -3.69. The van der Waals surface area contributed by atoms with E-state index in [9.17, 15) is 13.2 Å². The van der Waals surface area contributed by atoms with E-state index in [-0.39, 0.29) is 23.2 Å². The van der Waals surface area contributed by atoms with E-state index in [1.165, 1.54) is 24.3 Å². The van der Waals surface area contributed by atoms with Crippen molar-refractivity contribution in [3.63, 3.8) is 0 Å². The fourth-order valence-electron chi connectivity index (χ4n) is 2.87. The Morgan fingerprint density at radius 1 is 1.11 bits per heavy atom. The third-order valence-corrected chi connectivity index (χ3v) is 5.80. The predicted octanol–water partition coefficient (Wildman–Crippen LogP) is 2.70. The summed E-state index contributed by atoms with van der Waals surface area (Å²) in [6.07, 6.45) is 2.18. The van der Waals surface area contributed by atoms with Gasteiger partial charge in [0.2, 0.25) is 0 Å². The molecule has 1 heterocycles. The molecule has 146 valence electrons. The quantitative estimate of drug-likeness (QED) is 0.684. The van der Waals surface area contributed by atoms with Gasteiger partial charge in [-0.1, -0.05) is 17.7 Å². The average molecular weight is 410 g/mol. The number of anilines is 1. The van der Waals surface area contributed by atoms with Gasteiger partial charge in [0.15, 0.2) is 0 Å². The molecular formula is C19H24ClN3O3S. The van der Waals surface area contributed by atoms with Gasteiger partial charge >= 0.3 is 0 Å². The van der Waals surface area contributed by atoms with Crippen molar-refractivity contribution in [1.82, 2.24) is 10.6 Å². The molecule has 2 aromatic rings. The molecule has 0 bridgehead atoms. The normalized spacial score (nSPS) is 16.4. The molecule has 27 heavy (non-hydrogen) atoms. The minimum atomic E-state index is -3.69. The van der Waals surface area contributed by atoms with E-state index < -0.39 is 10.0 Å². The smallest absolute Gasteiger partial charge is 0.261 e. The largest absolute Gasteiger partial charge is 0.350 e. The third kappa shape index (κ3) is 5.69. The highest BCUT2D eigenvalue weighted by Gasteiger charge is 2.17. The Morgan fingerprint density at radius 2 is 1.78 bits per heavy atom. The Balaban J connectivity index is 0.00000261. The molecule has 0 radical (unpaired) electrons. The summed E-state index contributed by atoms with van der Waals surface area (Å²) in [6, 6.07) is 13.4. The van der Waals surface area contributed by atoms with Gasteiger partial charge in [-0.2, -0.15) is 0 Å². The first-order valence-electron chi connectivity index (χ1n) is 8.65. The molecule has 1 unspecified atom stereocenters. The van der Waals surface area contributed by atoms with E-state index in [4.69, 9.17) is 0 Å². The Hall–Kier alpha value is -2.09. The van der Waals surface area contributed by atoms with Gasteiger partial charge < -0.3 is 10.6 Å². The predicted molar refractivity (Wildman–Crippen MR) is 109 cm³/mol. The second-order valence-electron chi connectivity index (χ2n) is 6.50. The molecule has 1 atom stereocenters. The summed E-state index contributed by atoms with van der Waals surface area (Å²) in [5, 5.41) is 6.19. The van der Waals surface area contributed by atoms with Crippen LogP contribution in [0.15, 0.2) is 53.4 Å². The topological polar surface area (TPSA) is 87.3 Å². The zero-order chi connectivity index (χ0) is 18.6. The maximum Gasteiger partial charge on any atom is 0.261 e. The number of nitrogens with one attached hydrogen (secondary N) is 3. The lowest BCUT2D eigenvalue weighted by Gasteiger charge is -2.12. The Kier molecular flexibility index (Phi) is 7.24. The van der Waals surface area contributed by atoms with E-state index in [0.717, 1.165) is 24.9 Å². The number of sulfonamides is 1. The molecule has 1 aliphatic heterocycles. The lowest BCUT2D eigenvalue weighted by molar-refractivity contribution is 0.0950. The highest BCUT2D eigenvalue weighted by atomic mass is 35.5. The van der Waals surface area contributed by atoms with Crippen LogP contribution in [0.1, 0.15) is 28.8 Å². The number of carbonyl (C=O) groups excluding carboxylic acids is 1. The van der Waals surface area contributed by atoms with Crippen LogP contribution in [0.2, 0.25) is 0 Å². The summed E-state index contributed by atoms with van der Waals surface area (Å²) in [5.41, 5.74) is 2.00. The molecule has 1 fully saturated rings. The van der Waals surface area contributed by atoms with Gasteiger partial charge in [0, 0.05) is 23.8 Å². The molecule has 0 aromatic heterocycles. The Morgan fingerprint density at radius 3 is 2.37 bits per heavy atom. The van der Waals surface area contributed by atoms with Crippen LogP contribution in [-0.4, -0.2) is 33.5 Å². The van der Waals surface area contributed by atoms with Gasteiger partial charge in [0.25, 0.3) is 15.9 Å². The maximum absolute atomic E-state index is 12.4. The van der Waals surface area contributed by atoms with Crippen molar-refractivity contribution < 1.29 is 13.2 Å². The van der Waals surface area contributed by atoms with Crippen LogP contribution in [-0.2, 0) is 10.0 Å². The third-order valence-electron chi connectivity index (χ3n) is 4.40. The highest BCUT2D eigenvalue weighted by Crippen LogP contribution is 2.17. The minimum Gasteiger partial charge on any atom is -0.350 e. The molecule has 1 amide bonds. The number of rotatable bonds is 6. The summed E-state index contributed by atoms with van der Waals surface area (Å²) in [4.78, 5) is 12.3. The van der Waals surface area contributed by atoms with Crippen molar-refractivity contribution in [2.75, 3.05) is 17.8 Å². The van der Waals surface area contributed by atoms with E-state index >= 15 is 0 Å². The van der Waals surface area contributed by atoms with Gasteiger partial charge in [-0.15, -0.1) is 12.4 Å². The van der Waals surface area contributed by atoms with E-state index in [2.05, 4.69) is 15.4 Å². The monoisotopic (exact) mass is 409 g/mol. The zero-order valence-corrected chi connectivity index (χ0v) is 16.7. The number of carbonyl (C=O) groups is 1. The first-order chi connectivity index (χ1) is 12.4. The van der Waals surface area contributed by atoms with Crippen molar-refractivity contribution >= 4 is 34.0 Å². The number of aryl methyl sites for hydroxylation is 1. The van der Waals surface area contributed by atoms with Gasteiger partial charge in [-0.25, -0.2) is 8.42 Å². The summed E-state index contributed by atoms with van der Waals surface area (Å²) >= 11 is 0. The Labute approximate surface area is 166 Å². The molecular weight excluding hydrogens is 386 g/mol. The van der Waals surface area contributed by atoms with Crippen LogP contribution in [0.5, 0.6) is 0 Å². The first-order valence-corrected chi connectivity index (χ1v) is 10.1. The summed E-state index contributed by atoms with van der Waals surface area (Å²) < 4.78 is 27.4. The second-order valence-corrected chi connectivity index (χ2v) is 8.18. The van der Waals surface area contributed by atoms with Crippen molar-refractivity contribution in [3.8, 4) is 0 Å². The van der Waals surface area contributed by atoms with Crippen LogP contribution >= 0.6 is 12.4 Å². The van der Waals surface area contributed by atoms with Gasteiger partial charge in [-0.05, 0) is 62.7 Å². The molecule has 3 rings (SSSR count). The second kappa shape index (κ2) is 9.21. The standard InChI is InChI=1S/C19H23N3O3S.ClH/c1-14-4-8-16(9-5-14)22-26(24,25)18-10-6-15(7-11-18)19(23)21-13-17-3-2-12-20-17;/h4-11,17,20,22H,2-3,12-13H2,1H3,(H,21,23);1H. The minimum absolute atomic E-state index is 0. The van der Waals surface area contributed by atoms with Crippen molar-refractivity contribution in [2.24, 2.45) is 0 Å². The Bertz CT molecular complexity index is 862. The molecule has 0 saturated carbocycles. The molecule has 1 aliphatic rings. The van der Waals surface area contributed by atoms with Gasteiger partial charge in [-0.3, -0.25) is 9.52 Å². The van der Waals surface area contributed by atoms with Crippen LogP contribution in [0.3, 0.4) is 0 Å². The fourth-order valence-corrected chi connectivity index (χ4v) is 3.93. The molecule has 6 nitrogen and oxygen atoms in total. The lowest BCUT2D eigenvalue weighted by Crippen LogP contribution is -2.37. The van der Waals surface area contributed by atoms with Crippen molar-refractivity contribution in [2.45, 2.75) is 30.7 Å². The van der Waals surface area contributed by atoms with Crippen molar-refractivity contribution in [3.05, 3.63) is 59.7 Å². The highest BCUT2D eigenvalue weighted by molar-refractivity contribution is 7.92. The van der Waals surface area contributed by atoms with E-state index in [0.29, 0.717) is 23.8 Å². The molecule has 0 aliphatic carbocycles. The molecule has 8 heteroatoms. The maximum atomic E-state index is 12.4. The van der Waals surface area contributed by atoms with Crippen LogP contribution in [0, 0.1) is 6.92 Å². The summed E-state index contributed by atoms with van der Waals surface area (Å²) in [6.45, 7) is 3.50.